The van der Waals surface area contributed by atoms with Gasteiger partial charge in [0.05, 0.1) is 0 Å². The lowest BCUT2D eigenvalue weighted by molar-refractivity contribution is -0.152. The second-order valence-electron chi connectivity index (χ2n) is 4.06. The van der Waals surface area contributed by atoms with Crippen LogP contribution in [0.3, 0.4) is 0 Å². The molecule has 0 aromatic heterocycles. The van der Waals surface area contributed by atoms with Gasteiger partial charge in [0, 0.05) is 12.8 Å². The Kier molecular flexibility index (Phi) is 6.61. The maximum atomic E-state index is 11.2. The molecule has 0 aromatic carbocycles. The average molecular weight is 228 g/mol. The zero-order valence-corrected chi connectivity index (χ0v) is 9.70. The number of hydrogen-bond donors (Lipinski definition) is 0. The van der Waals surface area contributed by atoms with Crippen molar-refractivity contribution >= 4 is 11.9 Å². The van der Waals surface area contributed by atoms with Gasteiger partial charge in [-0.1, -0.05) is 25.7 Å². The molecular weight excluding hydrogens is 208 g/mol. The van der Waals surface area contributed by atoms with Crippen molar-refractivity contribution in [3.05, 3.63) is 0 Å². The molecule has 0 atom stereocenters. The molecule has 1 fully saturated rings. The summed E-state index contributed by atoms with van der Waals surface area (Å²) in [5.41, 5.74) is 0. The van der Waals surface area contributed by atoms with Gasteiger partial charge >= 0.3 is 11.9 Å². The quantitative estimate of drug-likeness (QED) is 0.596. The largest absolute Gasteiger partial charge is 0.462 e. The van der Waals surface area contributed by atoms with E-state index < -0.39 is 0 Å². The average Bonchev–Trinajstić information content (AvgIpc) is 2.27. The van der Waals surface area contributed by atoms with Gasteiger partial charge in [-0.25, -0.2) is 0 Å². The molecule has 0 amide bonds. The van der Waals surface area contributed by atoms with Gasteiger partial charge < -0.3 is 9.47 Å². The first-order chi connectivity index (χ1) is 7.79. The fourth-order valence-corrected chi connectivity index (χ4v) is 1.70. The lowest BCUT2D eigenvalue weighted by Crippen LogP contribution is -2.14. The van der Waals surface area contributed by atoms with Crippen molar-refractivity contribution in [3.63, 3.8) is 0 Å². The van der Waals surface area contributed by atoms with Gasteiger partial charge in [-0.05, 0) is 12.8 Å². The molecule has 1 rings (SSSR count). The van der Waals surface area contributed by atoms with Crippen LogP contribution < -0.4 is 0 Å². The van der Waals surface area contributed by atoms with E-state index in [2.05, 4.69) is 0 Å². The zero-order chi connectivity index (χ0) is 11.6. The van der Waals surface area contributed by atoms with E-state index in [9.17, 15) is 9.59 Å². The Balaban J connectivity index is 2.24. The van der Waals surface area contributed by atoms with E-state index in [4.69, 9.17) is 9.47 Å². The van der Waals surface area contributed by atoms with Crippen molar-refractivity contribution in [1.82, 2.24) is 0 Å². The Morgan fingerprint density at radius 2 is 1.00 bits per heavy atom. The number of ether oxygens (including phenoxy) is 2. The van der Waals surface area contributed by atoms with Crippen LogP contribution in [0, 0.1) is 0 Å². The predicted molar refractivity (Wildman–Crippen MR) is 58.9 cm³/mol. The Bertz CT molecular complexity index is 201. The third-order valence-electron chi connectivity index (χ3n) is 2.62. The summed E-state index contributed by atoms with van der Waals surface area (Å²) in [4.78, 5) is 22.3. The van der Waals surface area contributed by atoms with E-state index in [-0.39, 0.29) is 25.2 Å². The minimum absolute atomic E-state index is 0.185. The summed E-state index contributed by atoms with van der Waals surface area (Å²) in [6.07, 6.45) is 7.16. The molecule has 92 valence electrons. The monoisotopic (exact) mass is 228 g/mol. The second-order valence-corrected chi connectivity index (χ2v) is 4.06. The lowest BCUT2D eigenvalue weighted by Gasteiger charge is -2.08. The summed E-state index contributed by atoms with van der Waals surface area (Å²) in [5, 5.41) is 0. The Morgan fingerprint density at radius 3 is 1.44 bits per heavy atom. The smallest absolute Gasteiger partial charge is 0.305 e. The van der Waals surface area contributed by atoms with Crippen molar-refractivity contribution in [2.45, 2.75) is 51.4 Å². The molecule has 1 aliphatic rings. The number of rotatable bonds is 0. The summed E-state index contributed by atoms with van der Waals surface area (Å²) < 4.78 is 9.84. The molecule has 4 nitrogen and oxygen atoms in total. The molecule has 1 heterocycles. The van der Waals surface area contributed by atoms with Crippen molar-refractivity contribution in [1.29, 1.82) is 0 Å². The Hall–Kier alpha value is -1.06. The molecular formula is C12H20O4. The predicted octanol–water partition coefficient (Wildman–Crippen LogP) is 2.21. The van der Waals surface area contributed by atoms with Gasteiger partial charge in [0.25, 0.3) is 0 Å². The van der Waals surface area contributed by atoms with E-state index in [0.29, 0.717) is 12.8 Å². The molecule has 1 aliphatic heterocycles. The van der Waals surface area contributed by atoms with Crippen LogP contribution >= 0.6 is 0 Å². The van der Waals surface area contributed by atoms with Crippen LogP contribution in [0.25, 0.3) is 0 Å². The molecule has 0 saturated carbocycles. The maximum Gasteiger partial charge on any atom is 0.305 e. The fourth-order valence-electron chi connectivity index (χ4n) is 1.70. The van der Waals surface area contributed by atoms with Gasteiger partial charge in [-0.3, -0.25) is 9.59 Å². The second kappa shape index (κ2) is 8.13. The lowest BCUT2D eigenvalue weighted by atomic mass is 10.1. The zero-order valence-electron chi connectivity index (χ0n) is 9.70. The number of hydrogen-bond acceptors (Lipinski definition) is 4. The van der Waals surface area contributed by atoms with E-state index in [0.717, 1.165) is 38.5 Å². The molecule has 0 unspecified atom stereocenters. The Morgan fingerprint density at radius 1 is 0.625 bits per heavy atom. The van der Waals surface area contributed by atoms with Gasteiger partial charge in [0.15, 0.2) is 0 Å². The van der Waals surface area contributed by atoms with Gasteiger partial charge in [0.2, 0.25) is 0 Å². The number of cyclic esters (lactones) is 2. The highest BCUT2D eigenvalue weighted by molar-refractivity contribution is 5.70. The Labute approximate surface area is 96.3 Å². The van der Waals surface area contributed by atoms with Crippen molar-refractivity contribution < 1.29 is 19.1 Å². The van der Waals surface area contributed by atoms with Gasteiger partial charge in [0.1, 0.15) is 13.2 Å². The van der Waals surface area contributed by atoms with Crippen molar-refractivity contribution in [2.75, 3.05) is 13.2 Å². The fraction of sp³-hybridized carbons (Fsp3) is 0.833. The molecule has 0 N–H and O–H groups in total. The topological polar surface area (TPSA) is 52.6 Å². The van der Waals surface area contributed by atoms with Crippen LogP contribution in [-0.2, 0) is 19.1 Å². The molecule has 0 aliphatic carbocycles. The molecule has 0 radical (unpaired) electrons. The summed E-state index contributed by atoms with van der Waals surface area (Å²) in [7, 11) is 0. The van der Waals surface area contributed by atoms with Crippen LogP contribution in [0.1, 0.15) is 51.4 Å². The summed E-state index contributed by atoms with van der Waals surface area (Å²) in [5.74, 6) is -0.374. The van der Waals surface area contributed by atoms with Crippen LogP contribution in [0.2, 0.25) is 0 Å². The molecule has 1 saturated heterocycles. The third kappa shape index (κ3) is 6.43. The van der Waals surface area contributed by atoms with Crippen molar-refractivity contribution in [2.24, 2.45) is 0 Å². The highest BCUT2D eigenvalue weighted by Crippen LogP contribution is 2.10. The highest BCUT2D eigenvalue weighted by Gasteiger charge is 2.06. The first kappa shape index (κ1) is 13.0. The molecule has 16 heavy (non-hydrogen) atoms. The molecule has 4 heteroatoms. The summed E-state index contributed by atoms with van der Waals surface area (Å²) in [6, 6.07) is 0. The standard InChI is InChI=1S/C12H20O4/c13-11-7-5-3-1-2-4-6-8-12(14)16-10-9-15-11/h1-10H2. The number of carbonyl (C=O) groups is 2. The molecule has 0 spiro atoms. The minimum Gasteiger partial charge on any atom is -0.462 e. The normalized spacial score (nSPS) is 21.8. The molecule has 0 aromatic rings. The van der Waals surface area contributed by atoms with Crippen LogP contribution in [0.4, 0.5) is 0 Å². The maximum absolute atomic E-state index is 11.2. The molecule has 0 bridgehead atoms. The first-order valence-corrected chi connectivity index (χ1v) is 6.10. The van der Waals surface area contributed by atoms with Crippen LogP contribution in [0.5, 0.6) is 0 Å². The van der Waals surface area contributed by atoms with E-state index in [1.807, 2.05) is 0 Å². The third-order valence-corrected chi connectivity index (χ3v) is 2.62. The van der Waals surface area contributed by atoms with Crippen LogP contribution in [0.15, 0.2) is 0 Å². The summed E-state index contributed by atoms with van der Waals surface area (Å²) >= 11 is 0. The number of carbonyl (C=O) groups excluding carboxylic acids is 2. The van der Waals surface area contributed by atoms with E-state index in [1.54, 1.807) is 0 Å². The van der Waals surface area contributed by atoms with Crippen molar-refractivity contribution in [3.8, 4) is 0 Å². The van der Waals surface area contributed by atoms with Gasteiger partial charge in [-0.2, -0.15) is 0 Å². The van der Waals surface area contributed by atoms with E-state index >= 15 is 0 Å². The van der Waals surface area contributed by atoms with Gasteiger partial charge in [-0.15, -0.1) is 0 Å². The highest BCUT2D eigenvalue weighted by atomic mass is 16.6. The minimum atomic E-state index is -0.187. The first-order valence-electron chi connectivity index (χ1n) is 6.10. The SMILES string of the molecule is O=C1CCCCCCCCC(=O)OCCO1. The van der Waals surface area contributed by atoms with E-state index in [1.165, 1.54) is 0 Å². The summed E-state index contributed by atoms with van der Waals surface area (Å²) in [6.45, 7) is 0.370. The number of esters is 2. The van der Waals surface area contributed by atoms with Crippen LogP contribution in [-0.4, -0.2) is 25.2 Å².